The van der Waals surface area contributed by atoms with Crippen LogP contribution in [0.15, 0.2) is 24.7 Å². The molecule has 0 unspecified atom stereocenters. The average Bonchev–Trinajstić information content (AvgIpc) is 2.90. The first-order chi connectivity index (χ1) is 9.08. The van der Waals surface area contributed by atoms with Gasteiger partial charge in [-0.1, -0.05) is 0 Å². The van der Waals surface area contributed by atoms with Crippen LogP contribution >= 0.6 is 0 Å². The fourth-order valence-corrected chi connectivity index (χ4v) is 1.50. The van der Waals surface area contributed by atoms with Gasteiger partial charge in [0.25, 0.3) is 5.91 Å². The van der Waals surface area contributed by atoms with Crippen molar-refractivity contribution in [3.63, 3.8) is 0 Å². The highest BCUT2D eigenvalue weighted by Gasteiger charge is 2.15. The smallest absolute Gasteiger partial charge is 0.354 e. The van der Waals surface area contributed by atoms with E-state index in [4.69, 9.17) is 5.11 Å². The van der Waals surface area contributed by atoms with Gasteiger partial charge in [-0.05, 0) is 12.1 Å². The molecule has 0 aliphatic carbocycles. The van der Waals surface area contributed by atoms with Crippen LogP contribution in [0.4, 0.5) is 0 Å². The summed E-state index contributed by atoms with van der Waals surface area (Å²) in [5.74, 6) is -0.947. The summed E-state index contributed by atoms with van der Waals surface area (Å²) in [4.78, 5) is 31.9. The van der Waals surface area contributed by atoms with Crippen molar-refractivity contribution in [3.05, 3.63) is 41.7 Å². The third-order valence-electron chi connectivity index (χ3n) is 2.42. The number of pyridine rings is 1. The largest absolute Gasteiger partial charge is 0.477 e. The molecule has 0 atom stereocenters. The fourth-order valence-electron chi connectivity index (χ4n) is 1.50. The molecule has 0 radical (unpaired) electrons. The lowest BCUT2D eigenvalue weighted by Gasteiger charge is -2.15. The number of nitrogens with zero attached hydrogens (tertiary/aromatic N) is 4. The second-order valence-corrected chi connectivity index (χ2v) is 3.83. The number of hydrogen-bond acceptors (Lipinski definition) is 5. The minimum atomic E-state index is -1.17. The number of H-pyrrole nitrogens is 1. The molecular weight excluding hydrogens is 250 g/mol. The predicted molar refractivity (Wildman–Crippen MR) is 63.4 cm³/mol. The molecule has 98 valence electrons. The molecule has 19 heavy (non-hydrogen) atoms. The van der Waals surface area contributed by atoms with Gasteiger partial charge in [0, 0.05) is 18.8 Å². The van der Waals surface area contributed by atoms with Crippen molar-refractivity contribution in [1.29, 1.82) is 0 Å². The summed E-state index contributed by atoms with van der Waals surface area (Å²) < 4.78 is 0. The van der Waals surface area contributed by atoms with E-state index in [1.54, 1.807) is 7.05 Å². The van der Waals surface area contributed by atoms with Crippen LogP contribution in [-0.2, 0) is 6.54 Å². The van der Waals surface area contributed by atoms with Crippen molar-refractivity contribution in [2.75, 3.05) is 7.05 Å². The van der Waals surface area contributed by atoms with Crippen molar-refractivity contribution >= 4 is 11.9 Å². The minimum Gasteiger partial charge on any atom is -0.477 e. The third-order valence-corrected chi connectivity index (χ3v) is 2.42. The van der Waals surface area contributed by atoms with Crippen LogP contribution < -0.4 is 0 Å². The van der Waals surface area contributed by atoms with E-state index in [2.05, 4.69) is 20.2 Å². The van der Waals surface area contributed by atoms with Crippen molar-refractivity contribution in [2.24, 2.45) is 0 Å². The van der Waals surface area contributed by atoms with Crippen LogP contribution in [0.2, 0.25) is 0 Å². The highest BCUT2D eigenvalue weighted by atomic mass is 16.4. The molecule has 2 N–H and O–H groups in total. The topological polar surface area (TPSA) is 112 Å². The van der Waals surface area contributed by atoms with Gasteiger partial charge in [0.1, 0.15) is 17.8 Å². The summed E-state index contributed by atoms with van der Waals surface area (Å²) in [5, 5.41) is 15.2. The van der Waals surface area contributed by atoms with Crippen molar-refractivity contribution in [2.45, 2.75) is 6.54 Å². The van der Waals surface area contributed by atoms with Crippen LogP contribution in [0.5, 0.6) is 0 Å². The molecular formula is C11H11N5O3. The number of aromatic nitrogens is 4. The summed E-state index contributed by atoms with van der Waals surface area (Å²) in [6, 6.07) is 2.70. The maximum absolute atomic E-state index is 12.1. The Balaban J connectivity index is 2.14. The summed E-state index contributed by atoms with van der Waals surface area (Å²) in [6.07, 6.45) is 2.64. The number of hydrogen-bond donors (Lipinski definition) is 2. The molecule has 0 saturated heterocycles. The number of carboxylic acid groups (broad SMARTS) is 1. The second-order valence-electron chi connectivity index (χ2n) is 3.83. The molecule has 8 nitrogen and oxygen atoms in total. The molecule has 0 bridgehead atoms. The van der Waals surface area contributed by atoms with Crippen LogP contribution in [0.25, 0.3) is 0 Å². The van der Waals surface area contributed by atoms with Crippen LogP contribution in [-0.4, -0.2) is 49.1 Å². The number of carboxylic acids is 1. The standard InChI is InChI=1S/C11H11N5O3/c1-16(5-9-13-6-14-15-9)10(17)7-2-3-12-8(4-7)11(18)19/h2-4,6H,5H2,1H3,(H,18,19)(H,13,14,15). The third kappa shape index (κ3) is 2.92. The summed E-state index contributed by atoms with van der Waals surface area (Å²) >= 11 is 0. The molecule has 0 fully saturated rings. The zero-order valence-electron chi connectivity index (χ0n) is 10.1. The van der Waals surface area contributed by atoms with Crippen molar-refractivity contribution in [3.8, 4) is 0 Å². The van der Waals surface area contributed by atoms with E-state index in [0.29, 0.717) is 5.82 Å². The van der Waals surface area contributed by atoms with E-state index in [1.165, 1.54) is 29.6 Å². The second kappa shape index (κ2) is 5.25. The molecule has 2 heterocycles. The van der Waals surface area contributed by atoms with E-state index >= 15 is 0 Å². The number of aromatic carboxylic acids is 1. The lowest BCUT2D eigenvalue weighted by molar-refractivity contribution is 0.0690. The van der Waals surface area contributed by atoms with Gasteiger partial charge in [0.15, 0.2) is 0 Å². The molecule has 0 spiro atoms. The van der Waals surface area contributed by atoms with Gasteiger partial charge in [0.05, 0.1) is 6.54 Å². The SMILES string of the molecule is CN(Cc1ncn[nH]1)C(=O)c1ccnc(C(=O)O)c1. The lowest BCUT2D eigenvalue weighted by atomic mass is 10.2. The number of carbonyl (C=O) groups is 2. The Labute approximate surface area is 108 Å². The Kier molecular flexibility index (Phi) is 3.51. The number of rotatable bonds is 4. The first-order valence-electron chi connectivity index (χ1n) is 5.37. The van der Waals surface area contributed by atoms with Gasteiger partial charge in [-0.25, -0.2) is 14.8 Å². The quantitative estimate of drug-likeness (QED) is 0.811. The molecule has 2 aromatic rings. The maximum Gasteiger partial charge on any atom is 0.354 e. The minimum absolute atomic E-state index is 0.168. The summed E-state index contributed by atoms with van der Waals surface area (Å²) in [5.41, 5.74) is 0.0910. The molecule has 0 aliphatic rings. The molecule has 2 aromatic heterocycles. The molecule has 8 heteroatoms. The molecule has 0 aromatic carbocycles. The van der Waals surface area contributed by atoms with Gasteiger partial charge in [-0.15, -0.1) is 0 Å². The summed E-state index contributed by atoms with van der Waals surface area (Å²) in [7, 11) is 1.59. The Bertz CT molecular complexity index is 596. The number of aromatic amines is 1. The number of amides is 1. The van der Waals surface area contributed by atoms with Crippen molar-refractivity contribution < 1.29 is 14.7 Å². The van der Waals surface area contributed by atoms with E-state index < -0.39 is 5.97 Å². The van der Waals surface area contributed by atoms with E-state index in [1.807, 2.05) is 0 Å². The summed E-state index contributed by atoms with van der Waals surface area (Å²) in [6.45, 7) is 0.254. The average molecular weight is 261 g/mol. The normalized spacial score (nSPS) is 10.2. The van der Waals surface area contributed by atoms with Crippen molar-refractivity contribution in [1.82, 2.24) is 25.1 Å². The van der Waals surface area contributed by atoms with Crippen LogP contribution in [0, 0.1) is 0 Å². The van der Waals surface area contributed by atoms with Gasteiger partial charge >= 0.3 is 5.97 Å². The molecule has 0 saturated carbocycles. The number of carbonyl (C=O) groups excluding carboxylic acids is 1. The van der Waals surface area contributed by atoms with Crippen LogP contribution in [0.3, 0.4) is 0 Å². The van der Waals surface area contributed by atoms with Crippen LogP contribution in [0.1, 0.15) is 26.7 Å². The zero-order chi connectivity index (χ0) is 13.8. The molecule has 1 amide bonds. The van der Waals surface area contributed by atoms with Gasteiger partial charge in [-0.3, -0.25) is 9.89 Å². The first kappa shape index (κ1) is 12.7. The first-order valence-corrected chi connectivity index (χ1v) is 5.37. The Morgan fingerprint density at radius 1 is 1.42 bits per heavy atom. The highest BCUT2D eigenvalue weighted by Crippen LogP contribution is 2.07. The fraction of sp³-hybridized carbons (Fsp3) is 0.182. The predicted octanol–water partition coefficient (Wildman–Crippen LogP) is 0.170. The van der Waals surface area contributed by atoms with Gasteiger partial charge < -0.3 is 10.0 Å². The van der Waals surface area contributed by atoms with E-state index in [0.717, 1.165) is 0 Å². The zero-order valence-corrected chi connectivity index (χ0v) is 10.1. The molecule has 2 rings (SSSR count). The van der Waals surface area contributed by atoms with E-state index in [9.17, 15) is 9.59 Å². The Morgan fingerprint density at radius 3 is 2.84 bits per heavy atom. The van der Waals surface area contributed by atoms with Gasteiger partial charge in [0.2, 0.25) is 0 Å². The van der Waals surface area contributed by atoms with Gasteiger partial charge in [-0.2, -0.15) is 5.10 Å². The number of nitrogens with one attached hydrogen (secondary N) is 1. The molecule has 0 aliphatic heterocycles. The Hall–Kier alpha value is -2.77. The van der Waals surface area contributed by atoms with E-state index in [-0.39, 0.29) is 23.7 Å². The maximum atomic E-state index is 12.1. The monoisotopic (exact) mass is 261 g/mol. The Morgan fingerprint density at radius 2 is 2.21 bits per heavy atom. The highest BCUT2D eigenvalue weighted by molar-refractivity contribution is 5.96. The lowest BCUT2D eigenvalue weighted by Crippen LogP contribution is -2.27.